The van der Waals surface area contributed by atoms with Crippen molar-refractivity contribution in [2.75, 3.05) is 0 Å². The van der Waals surface area contributed by atoms with Gasteiger partial charge in [0.25, 0.3) is 0 Å². The zero-order valence-electron chi connectivity index (χ0n) is 8.16. The highest BCUT2D eigenvalue weighted by Crippen LogP contribution is 2.31. The van der Waals surface area contributed by atoms with Gasteiger partial charge in [-0.05, 0) is 5.21 Å². The highest BCUT2D eigenvalue weighted by Gasteiger charge is 2.13. The fourth-order valence-corrected chi connectivity index (χ4v) is 2.20. The van der Waals surface area contributed by atoms with E-state index in [1.807, 2.05) is 30.3 Å². The lowest BCUT2D eigenvalue weighted by molar-refractivity contribution is 0.881. The van der Waals surface area contributed by atoms with Gasteiger partial charge in [0.15, 0.2) is 0 Å². The zero-order valence-corrected chi connectivity index (χ0v) is 8.98. The molecule has 16 heavy (non-hydrogen) atoms. The summed E-state index contributed by atoms with van der Waals surface area (Å²) < 4.78 is 0. The number of aromatic amines is 1. The molecule has 0 unspecified atom stereocenters. The van der Waals surface area contributed by atoms with Crippen LogP contribution < -0.4 is 0 Å². The molecule has 0 saturated heterocycles. The van der Waals surface area contributed by atoms with Crippen LogP contribution in [0.3, 0.4) is 0 Å². The minimum absolute atomic E-state index is 0.585. The van der Waals surface area contributed by atoms with E-state index < -0.39 is 0 Å². The molecule has 0 amide bonds. The van der Waals surface area contributed by atoms with E-state index in [0.717, 1.165) is 16.1 Å². The number of thiazole rings is 1. The van der Waals surface area contributed by atoms with Crippen LogP contribution in [0, 0.1) is 0 Å². The van der Waals surface area contributed by atoms with Gasteiger partial charge in [0.2, 0.25) is 5.82 Å². The van der Waals surface area contributed by atoms with Crippen molar-refractivity contribution in [2.45, 2.75) is 0 Å². The van der Waals surface area contributed by atoms with Crippen molar-refractivity contribution in [1.29, 1.82) is 0 Å². The number of aromatic nitrogens is 5. The van der Waals surface area contributed by atoms with Crippen molar-refractivity contribution in [3.63, 3.8) is 0 Å². The van der Waals surface area contributed by atoms with Gasteiger partial charge in [-0.15, -0.1) is 21.5 Å². The minimum atomic E-state index is 0.585. The number of rotatable bonds is 2. The van der Waals surface area contributed by atoms with Crippen molar-refractivity contribution in [1.82, 2.24) is 25.6 Å². The summed E-state index contributed by atoms with van der Waals surface area (Å²) in [7, 11) is 0. The van der Waals surface area contributed by atoms with Crippen molar-refractivity contribution in [3.8, 4) is 22.0 Å². The van der Waals surface area contributed by atoms with Crippen LogP contribution in [0.25, 0.3) is 22.0 Å². The molecular formula is C10H7N5S. The summed E-state index contributed by atoms with van der Waals surface area (Å²) in [5.41, 5.74) is 3.74. The third-order valence-electron chi connectivity index (χ3n) is 2.16. The summed E-state index contributed by atoms with van der Waals surface area (Å²) in [5.74, 6) is 0.585. The number of hydrogen-bond donors (Lipinski definition) is 1. The summed E-state index contributed by atoms with van der Waals surface area (Å²) in [6, 6.07) is 9.96. The van der Waals surface area contributed by atoms with Crippen LogP contribution in [0.15, 0.2) is 35.8 Å². The second-order valence-electron chi connectivity index (χ2n) is 3.13. The molecule has 0 bridgehead atoms. The molecule has 0 atom stereocenters. The van der Waals surface area contributed by atoms with Crippen molar-refractivity contribution in [2.24, 2.45) is 0 Å². The third kappa shape index (κ3) is 1.49. The molecule has 0 aliphatic rings. The predicted molar refractivity (Wildman–Crippen MR) is 60.7 cm³/mol. The summed E-state index contributed by atoms with van der Waals surface area (Å²) in [6.07, 6.45) is 0. The number of benzene rings is 1. The van der Waals surface area contributed by atoms with Crippen LogP contribution in [0.1, 0.15) is 0 Å². The lowest BCUT2D eigenvalue weighted by Gasteiger charge is -1.97. The van der Waals surface area contributed by atoms with Crippen LogP contribution >= 0.6 is 11.3 Å². The number of nitrogens with zero attached hydrogens (tertiary/aromatic N) is 4. The van der Waals surface area contributed by atoms with Gasteiger partial charge >= 0.3 is 0 Å². The second-order valence-corrected chi connectivity index (χ2v) is 3.99. The Kier molecular flexibility index (Phi) is 2.19. The molecule has 78 valence electrons. The Bertz CT molecular complexity index is 572. The number of tetrazole rings is 1. The highest BCUT2D eigenvalue weighted by atomic mass is 32.1. The van der Waals surface area contributed by atoms with Crippen LogP contribution in [0.4, 0.5) is 0 Å². The SMILES string of the molecule is c1ccc(-c2ncsc2-c2nn[nH]n2)cc1. The van der Waals surface area contributed by atoms with E-state index in [1.54, 1.807) is 5.51 Å². The standard InChI is InChI=1S/C10H7N5S/c1-2-4-7(5-3-1)8-9(16-6-11-8)10-12-14-15-13-10/h1-6H,(H,12,13,14,15). The van der Waals surface area contributed by atoms with Gasteiger partial charge in [-0.2, -0.15) is 5.21 Å². The van der Waals surface area contributed by atoms with Crippen LogP contribution in [0.2, 0.25) is 0 Å². The van der Waals surface area contributed by atoms with Crippen molar-refractivity contribution < 1.29 is 0 Å². The van der Waals surface area contributed by atoms with Gasteiger partial charge in [0.1, 0.15) is 4.88 Å². The minimum Gasteiger partial charge on any atom is -0.244 e. The average molecular weight is 229 g/mol. The van der Waals surface area contributed by atoms with E-state index in [0.29, 0.717) is 5.82 Å². The van der Waals surface area contributed by atoms with Crippen LogP contribution in [-0.4, -0.2) is 25.6 Å². The molecule has 5 nitrogen and oxygen atoms in total. The first-order chi connectivity index (χ1) is 7.95. The lowest BCUT2D eigenvalue weighted by atomic mass is 10.1. The fraction of sp³-hybridized carbons (Fsp3) is 0. The Balaban J connectivity index is 2.14. The number of H-pyrrole nitrogens is 1. The number of nitrogens with one attached hydrogen (secondary N) is 1. The Morgan fingerprint density at radius 3 is 2.75 bits per heavy atom. The normalized spacial score (nSPS) is 10.5. The van der Waals surface area contributed by atoms with E-state index in [2.05, 4.69) is 25.6 Å². The first-order valence-corrected chi connectivity index (χ1v) is 5.56. The van der Waals surface area contributed by atoms with Crippen molar-refractivity contribution in [3.05, 3.63) is 35.8 Å². The van der Waals surface area contributed by atoms with E-state index in [9.17, 15) is 0 Å². The van der Waals surface area contributed by atoms with E-state index in [4.69, 9.17) is 0 Å². The smallest absolute Gasteiger partial charge is 0.216 e. The Morgan fingerprint density at radius 1 is 1.12 bits per heavy atom. The van der Waals surface area contributed by atoms with Gasteiger partial charge in [-0.3, -0.25) is 0 Å². The maximum absolute atomic E-state index is 4.34. The molecule has 2 aromatic heterocycles. The summed E-state index contributed by atoms with van der Waals surface area (Å²) in [5, 5.41) is 13.9. The third-order valence-corrected chi connectivity index (χ3v) is 2.99. The monoisotopic (exact) mass is 229 g/mol. The molecule has 0 aliphatic carbocycles. The van der Waals surface area contributed by atoms with E-state index in [-0.39, 0.29) is 0 Å². The molecule has 0 saturated carbocycles. The molecule has 0 fully saturated rings. The van der Waals surface area contributed by atoms with Gasteiger partial charge in [-0.25, -0.2) is 4.98 Å². The topological polar surface area (TPSA) is 67.3 Å². The van der Waals surface area contributed by atoms with Gasteiger partial charge in [0, 0.05) is 5.56 Å². The first kappa shape index (κ1) is 9.17. The maximum Gasteiger partial charge on any atom is 0.216 e. The van der Waals surface area contributed by atoms with E-state index in [1.165, 1.54) is 11.3 Å². The zero-order chi connectivity index (χ0) is 10.8. The summed E-state index contributed by atoms with van der Waals surface area (Å²) in [6.45, 7) is 0. The van der Waals surface area contributed by atoms with Gasteiger partial charge in [0.05, 0.1) is 11.2 Å². The van der Waals surface area contributed by atoms with Gasteiger partial charge < -0.3 is 0 Å². The van der Waals surface area contributed by atoms with Gasteiger partial charge in [-0.1, -0.05) is 30.3 Å². The van der Waals surface area contributed by atoms with Crippen LogP contribution in [-0.2, 0) is 0 Å². The average Bonchev–Trinajstić information content (AvgIpc) is 3.01. The molecule has 0 radical (unpaired) electrons. The van der Waals surface area contributed by atoms with Crippen molar-refractivity contribution >= 4 is 11.3 Å². The molecule has 3 rings (SSSR count). The molecule has 2 heterocycles. The van der Waals surface area contributed by atoms with Crippen LogP contribution in [0.5, 0.6) is 0 Å². The second kappa shape index (κ2) is 3.82. The fourth-order valence-electron chi connectivity index (χ4n) is 1.46. The predicted octanol–water partition coefficient (Wildman–Crippen LogP) is 1.99. The summed E-state index contributed by atoms with van der Waals surface area (Å²) in [4.78, 5) is 5.27. The largest absolute Gasteiger partial charge is 0.244 e. The molecule has 0 aliphatic heterocycles. The first-order valence-electron chi connectivity index (χ1n) is 4.68. The molecular weight excluding hydrogens is 222 g/mol. The molecule has 3 aromatic rings. The number of hydrogen-bond acceptors (Lipinski definition) is 5. The van der Waals surface area contributed by atoms with E-state index >= 15 is 0 Å². The molecule has 1 N–H and O–H groups in total. The summed E-state index contributed by atoms with van der Waals surface area (Å²) >= 11 is 1.51. The Labute approximate surface area is 95.2 Å². The Morgan fingerprint density at radius 2 is 2.00 bits per heavy atom. The molecule has 6 heteroatoms. The Hall–Kier alpha value is -2.08. The lowest BCUT2D eigenvalue weighted by Crippen LogP contribution is -1.83. The molecule has 1 aromatic carbocycles. The maximum atomic E-state index is 4.34. The highest BCUT2D eigenvalue weighted by molar-refractivity contribution is 7.13. The molecule has 0 spiro atoms. The quantitative estimate of drug-likeness (QED) is 0.729.